The molecule has 0 unspecified atom stereocenters. The molecule has 0 aliphatic heterocycles. The lowest BCUT2D eigenvalue weighted by molar-refractivity contribution is 0.314. The highest BCUT2D eigenvalue weighted by Gasteiger charge is 2.24. The van der Waals surface area contributed by atoms with E-state index in [1.54, 1.807) is 19.1 Å². The van der Waals surface area contributed by atoms with Crippen LogP contribution in [0.2, 0.25) is 0 Å². The van der Waals surface area contributed by atoms with Crippen LogP contribution in [0.15, 0.2) is 42.5 Å². The fourth-order valence-corrected chi connectivity index (χ4v) is 4.00. The maximum Gasteiger partial charge on any atom is 0.201 e. The predicted molar refractivity (Wildman–Crippen MR) is 107 cm³/mol. The molecule has 0 radical (unpaired) electrons. The molecule has 1 nitrogen and oxygen atoms in total. The van der Waals surface area contributed by atoms with Crippen LogP contribution in [0.25, 0.3) is 11.1 Å². The summed E-state index contributed by atoms with van der Waals surface area (Å²) < 4.78 is 48.4. The third-order valence-corrected chi connectivity index (χ3v) is 5.51. The largest absolute Gasteiger partial charge is 0.491 e. The second kappa shape index (κ2) is 9.31. The molecular weight excluding hydrogens is 361 g/mol. The van der Waals surface area contributed by atoms with Gasteiger partial charge in [-0.1, -0.05) is 31.2 Å². The van der Waals surface area contributed by atoms with Crippen molar-refractivity contribution >= 4 is 0 Å². The average Bonchev–Trinajstić information content (AvgIpc) is 2.70. The van der Waals surface area contributed by atoms with Crippen LogP contribution in [0.1, 0.15) is 57.4 Å². The summed E-state index contributed by atoms with van der Waals surface area (Å²) >= 11 is 0. The third kappa shape index (κ3) is 4.43. The summed E-state index contributed by atoms with van der Waals surface area (Å²) in [5.41, 5.74) is 1.05. The van der Waals surface area contributed by atoms with Crippen LogP contribution in [0.5, 0.6) is 5.75 Å². The Labute approximate surface area is 165 Å². The van der Waals surface area contributed by atoms with Crippen molar-refractivity contribution in [2.75, 3.05) is 6.61 Å². The Morgan fingerprint density at radius 1 is 0.964 bits per heavy atom. The minimum atomic E-state index is -1.04. The molecule has 1 aliphatic rings. The van der Waals surface area contributed by atoms with Gasteiger partial charge in [-0.2, -0.15) is 4.39 Å². The van der Waals surface area contributed by atoms with Crippen molar-refractivity contribution in [3.63, 3.8) is 0 Å². The summed E-state index contributed by atoms with van der Waals surface area (Å²) in [7, 11) is 0. The van der Waals surface area contributed by atoms with E-state index in [0.717, 1.165) is 32.1 Å². The lowest BCUT2D eigenvalue weighted by Crippen LogP contribution is -2.13. The van der Waals surface area contributed by atoms with E-state index in [1.165, 1.54) is 18.2 Å². The van der Waals surface area contributed by atoms with Crippen LogP contribution in [0.3, 0.4) is 0 Å². The van der Waals surface area contributed by atoms with Gasteiger partial charge in [-0.3, -0.25) is 0 Å². The summed E-state index contributed by atoms with van der Waals surface area (Å²) in [5.74, 6) is -1.77. The zero-order valence-electron chi connectivity index (χ0n) is 16.5. The predicted octanol–water partition coefficient (Wildman–Crippen LogP) is 7.41. The summed E-state index contributed by atoms with van der Waals surface area (Å²) in [6.07, 6.45) is 9.52. The first-order valence-electron chi connectivity index (χ1n) is 10.1. The zero-order valence-corrected chi connectivity index (χ0v) is 16.5. The first-order valence-corrected chi connectivity index (χ1v) is 10.1. The van der Waals surface area contributed by atoms with Crippen molar-refractivity contribution in [3.05, 3.63) is 65.5 Å². The first-order chi connectivity index (χ1) is 13.5. The van der Waals surface area contributed by atoms with E-state index in [-0.39, 0.29) is 29.7 Å². The SMILES string of the molecule is CCC=CC1CCC(c2ccc(-c3ccc(OCC)c(F)c3F)cc2F)CC1. The number of allylic oxidation sites excluding steroid dienone is 2. The smallest absolute Gasteiger partial charge is 0.201 e. The van der Waals surface area contributed by atoms with Gasteiger partial charge < -0.3 is 4.74 Å². The Morgan fingerprint density at radius 2 is 1.71 bits per heavy atom. The monoisotopic (exact) mass is 388 g/mol. The second-order valence-corrected chi connectivity index (χ2v) is 7.36. The zero-order chi connectivity index (χ0) is 20.1. The Bertz CT molecular complexity index is 836. The summed E-state index contributed by atoms with van der Waals surface area (Å²) in [6, 6.07) is 7.54. The Morgan fingerprint density at radius 3 is 2.36 bits per heavy atom. The molecule has 0 spiro atoms. The average molecular weight is 388 g/mol. The molecule has 1 fully saturated rings. The third-order valence-electron chi connectivity index (χ3n) is 5.51. The summed E-state index contributed by atoms with van der Waals surface area (Å²) in [6.45, 7) is 4.07. The highest BCUT2D eigenvalue weighted by molar-refractivity contribution is 5.66. The molecule has 28 heavy (non-hydrogen) atoms. The maximum atomic E-state index is 14.8. The van der Waals surface area contributed by atoms with E-state index in [0.29, 0.717) is 17.0 Å². The van der Waals surface area contributed by atoms with Gasteiger partial charge in [-0.25, -0.2) is 8.78 Å². The molecule has 3 rings (SSSR count). The van der Waals surface area contributed by atoms with Gasteiger partial charge in [0.05, 0.1) is 6.61 Å². The van der Waals surface area contributed by atoms with Crippen LogP contribution in [-0.2, 0) is 0 Å². The molecule has 0 amide bonds. The molecule has 0 heterocycles. The molecule has 0 aromatic heterocycles. The molecule has 2 aromatic carbocycles. The lowest BCUT2D eigenvalue weighted by atomic mass is 9.78. The number of rotatable bonds is 6. The summed E-state index contributed by atoms with van der Waals surface area (Å²) in [5, 5.41) is 0. The molecule has 1 saturated carbocycles. The molecule has 0 saturated heterocycles. The van der Waals surface area contributed by atoms with Crippen LogP contribution < -0.4 is 4.74 Å². The van der Waals surface area contributed by atoms with Crippen LogP contribution in [0, 0.1) is 23.4 Å². The normalized spacial score (nSPS) is 19.9. The van der Waals surface area contributed by atoms with Gasteiger partial charge in [0, 0.05) is 5.56 Å². The molecule has 150 valence electrons. The number of hydrogen-bond donors (Lipinski definition) is 0. The minimum Gasteiger partial charge on any atom is -0.491 e. The van der Waals surface area contributed by atoms with Gasteiger partial charge in [0.1, 0.15) is 5.82 Å². The summed E-state index contributed by atoms with van der Waals surface area (Å²) in [4.78, 5) is 0. The number of halogens is 3. The minimum absolute atomic E-state index is 0.0415. The number of ether oxygens (including phenoxy) is 1. The molecule has 1 aliphatic carbocycles. The molecule has 2 aromatic rings. The van der Waals surface area contributed by atoms with Gasteiger partial charge in [0.2, 0.25) is 5.82 Å². The van der Waals surface area contributed by atoms with Gasteiger partial charge in [0.25, 0.3) is 0 Å². The van der Waals surface area contributed by atoms with Gasteiger partial charge in [-0.15, -0.1) is 0 Å². The van der Waals surface area contributed by atoms with E-state index < -0.39 is 11.6 Å². The highest BCUT2D eigenvalue weighted by Crippen LogP contribution is 2.39. The Balaban J connectivity index is 1.78. The van der Waals surface area contributed by atoms with E-state index in [9.17, 15) is 13.2 Å². The highest BCUT2D eigenvalue weighted by atomic mass is 19.2. The molecular formula is C24H27F3O. The van der Waals surface area contributed by atoms with E-state index in [4.69, 9.17) is 4.74 Å². The van der Waals surface area contributed by atoms with Crippen LogP contribution >= 0.6 is 0 Å². The van der Waals surface area contributed by atoms with Crippen molar-refractivity contribution in [1.29, 1.82) is 0 Å². The quantitative estimate of drug-likeness (QED) is 0.468. The van der Waals surface area contributed by atoms with Crippen molar-refractivity contribution in [3.8, 4) is 16.9 Å². The molecule has 4 heteroatoms. The lowest BCUT2D eigenvalue weighted by Gasteiger charge is -2.27. The fraction of sp³-hybridized carbons (Fsp3) is 0.417. The van der Waals surface area contributed by atoms with Crippen molar-refractivity contribution in [2.45, 2.75) is 51.9 Å². The fourth-order valence-electron chi connectivity index (χ4n) is 4.00. The standard InChI is InChI=1S/C24H27F3O/c1-3-5-6-16-7-9-17(10-8-16)19-12-11-18(15-21(19)25)20-13-14-22(28-4-2)24(27)23(20)26/h5-6,11-17H,3-4,7-10H2,1-2H3. The van der Waals surface area contributed by atoms with Crippen molar-refractivity contribution in [1.82, 2.24) is 0 Å². The van der Waals surface area contributed by atoms with Crippen LogP contribution in [0.4, 0.5) is 13.2 Å². The van der Waals surface area contributed by atoms with E-state index >= 15 is 0 Å². The van der Waals surface area contributed by atoms with Crippen LogP contribution in [-0.4, -0.2) is 6.61 Å². The molecule has 0 atom stereocenters. The Hall–Kier alpha value is -2.23. The topological polar surface area (TPSA) is 9.23 Å². The number of benzene rings is 2. The van der Waals surface area contributed by atoms with Gasteiger partial charge in [0.15, 0.2) is 11.6 Å². The van der Waals surface area contributed by atoms with Gasteiger partial charge >= 0.3 is 0 Å². The number of hydrogen-bond acceptors (Lipinski definition) is 1. The Kier molecular flexibility index (Phi) is 6.82. The maximum absolute atomic E-state index is 14.8. The van der Waals surface area contributed by atoms with Gasteiger partial charge in [-0.05, 0) is 80.2 Å². The van der Waals surface area contributed by atoms with Crippen molar-refractivity contribution < 1.29 is 17.9 Å². The first kappa shape index (κ1) is 20.5. The van der Waals surface area contributed by atoms with Crippen molar-refractivity contribution in [2.24, 2.45) is 5.92 Å². The molecule has 0 N–H and O–H groups in total. The van der Waals surface area contributed by atoms with E-state index in [2.05, 4.69) is 19.1 Å². The second-order valence-electron chi connectivity index (χ2n) is 7.36. The molecule has 0 bridgehead atoms. The van der Waals surface area contributed by atoms with E-state index in [1.807, 2.05) is 0 Å².